The van der Waals surface area contributed by atoms with Crippen LogP contribution < -0.4 is 5.32 Å². The molecule has 6 heteroatoms. The molecular weight excluding hydrogens is 261 g/mol. The summed E-state index contributed by atoms with van der Waals surface area (Å²) in [5.41, 5.74) is 1.83. The standard InChI is InChI=1S/C11H9Cl2N3O/c1-14-11(17)10-5-9(15-16-10)6-2-3-7(12)8(13)4-6/h2-5H,1H3,(H,14,17)(H,15,16). The Morgan fingerprint density at radius 2 is 2.06 bits per heavy atom. The van der Waals surface area contributed by atoms with Crippen LogP contribution in [0, 0.1) is 0 Å². The lowest BCUT2D eigenvalue weighted by Crippen LogP contribution is -2.17. The number of aromatic amines is 1. The second-order valence-corrected chi connectivity index (χ2v) is 4.19. The summed E-state index contributed by atoms with van der Waals surface area (Å²) in [4.78, 5) is 11.3. The highest BCUT2D eigenvalue weighted by Gasteiger charge is 2.10. The van der Waals surface area contributed by atoms with Crippen molar-refractivity contribution in [2.24, 2.45) is 0 Å². The average Bonchev–Trinajstić information content (AvgIpc) is 2.81. The van der Waals surface area contributed by atoms with Crippen molar-refractivity contribution in [3.8, 4) is 11.3 Å². The molecule has 4 nitrogen and oxygen atoms in total. The molecule has 1 amide bonds. The first kappa shape index (κ1) is 12.0. The summed E-state index contributed by atoms with van der Waals surface area (Å²) in [6.45, 7) is 0. The van der Waals surface area contributed by atoms with Gasteiger partial charge in [-0.2, -0.15) is 5.10 Å². The molecule has 0 aliphatic carbocycles. The molecule has 1 aromatic carbocycles. The molecule has 0 spiro atoms. The van der Waals surface area contributed by atoms with Gasteiger partial charge in [0.25, 0.3) is 5.91 Å². The maximum atomic E-state index is 11.3. The SMILES string of the molecule is CNC(=O)c1cc(-c2ccc(Cl)c(Cl)c2)n[nH]1. The van der Waals surface area contributed by atoms with Crippen molar-refractivity contribution in [2.45, 2.75) is 0 Å². The quantitative estimate of drug-likeness (QED) is 0.881. The molecule has 0 aliphatic rings. The van der Waals surface area contributed by atoms with Crippen molar-refractivity contribution >= 4 is 29.1 Å². The van der Waals surface area contributed by atoms with Crippen molar-refractivity contribution in [3.63, 3.8) is 0 Å². The maximum absolute atomic E-state index is 11.3. The van der Waals surface area contributed by atoms with Crippen LogP contribution in [-0.4, -0.2) is 23.2 Å². The highest BCUT2D eigenvalue weighted by Crippen LogP contribution is 2.27. The first-order valence-corrected chi connectivity index (χ1v) is 5.60. The topological polar surface area (TPSA) is 57.8 Å². The van der Waals surface area contributed by atoms with Gasteiger partial charge in [-0.15, -0.1) is 0 Å². The zero-order valence-electron chi connectivity index (χ0n) is 8.92. The lowest BCUT2D eigenvalue weighted by molar-refractivity contribution is 0.0958. The van der Waals surface area contributed by atoms with E-state index in [1.807, 2.05) is 0 Å². The molecule has 2 N–H and O–H groups in total. The van der Waals surface area contributed by atoms with E-state index in [0.717, 1.165) is 5.56 Å². The Bertz CT molecular complexity index is 566. The van der Waals surface area contributed by atoms with E-state index in [0.29, 0.717) is 21.4 Å². The molecule has 0 atom stereocenters. The minimum atomic E-state index is -0.219. The zero-order chi connectivity index (χ0) is 12.4. The van der Waals surface area contributed by atoms with Gasteiger partial charge in [-0.25, -0.2) is 0 Å². The lowest BCUT2D eigenvalue weighted by atomic mass is 10.1. The molecule has 1 aromatic heterocycles. The van der Waals surface area contributed by atoms with E-state index in [1.165, 1.54) is 0 Å². The summed E-state index contributed by atoms with van der Waals surface area (Å²) in [7, 11) is 1.56. The molecule has 0 aliphatic heterocycles. The molecule has 0 unspecified atom stereocenters. The van der Waals surface area contributed by atoms with Gasteiger partial charge in [0, 0.05) is 12.6 Å². The van der Waals surface area contributed by atoms with Crippen LogP contribution in [-0.2, 0) is 0 Å². The van der Waals surface area contributed by atoms with Gasteiger partial charge in [0.2, 0.25) is 0 Å². The van der Waals surface area contributed by atoms with Crippen LogP contribution in [0.2, 0.25) is 10.0 Å². The predicted molar refractivity (Wildman–Crippen MR) is 67.4 cm³/mol. The van der Waals surface area contributed by atoms with Crippen molar-refractivity contribution in [3.05, 3.63) is 40.0 Å². The van der Waals surface area contributed by atoms with E-state index in [9.17, 15) is 4.79 Å². The fourth-order valence-corrected chi connectivity index (χ4v) is 1.67. The van der Waals surface area contributed by atoms with Crippen LogP contribution in [0.25, 0.3) is 11.3 Å². The van der Waals surface area contributed by atoms with Crippen molar-refractivity contribution in [1.82, 2.24) is 15.5 Å². The number of benzene rings is 1. The number of halogens is 2. The van der Waals surface area contributed by atoms with Crippen LogP contribution in [0.4, 0.5) is 0 Å². The Morgan fingerprint density at radius 1 is 1.29 bits per heavy atom. The lowest BCUT2D eigenvalue weighted by Gasteiger charge is -1.98. The summed E-state index contributed by atoms with van der Waals surface area (Å²) in [5.74, 6) is -0.219. The smallest absolute Gasteiger partial charge is 0.269 e. The van der Waals surface area contributed by atoms with Crippen molar-refractivity contribution < 1.29 is 4.79 Å². The Morgan fingerprint density at radius 3 is 2.71 bits per heavy atom. The summed E-state index contributed by atoms with van der Waals surface area (Å²) in [6.07, 6.45) is 0. The molecule has 0 saturated heterocycles. The minimum absolute atomic E-state index is 0.219. The number of H-pyrrole nitrogens is 1. The number of hydrogen-bond acceptors (Lipinski definition) is 2. The number of rotatable bonds is 2. The van der Waals surface area contributed by atoms with Gasteiger partial charge in [0.05, 0.1) is 15.7 Å². The van der Waals surface area contributed by atoms with Crippen molar-refractivity contribution in [1.29, 1.82) is 0 Å². The second-order valence-electron chi connectivity index (χ2n) is 3.37. The molecule has 2 aromatic rings. The Balaban J connectivity index is 2.37. The molecule has 0 bridgehead atoms. The molecule has 0 saturated carbocycles. The summed E-state index contributed by atoms with van der Waals surface area (Å²) in [6, 6.07) is 6.83. The van der Waals surface area contributed by atoms with E-state index >= 15 is 0 Å². The number of aromatic nitrogens is 2. The normalized spacial score (nSPS) is 10.3. The molecule has 1 heterocycles. The fourth-order valence-electron chi connectivity index (χ4n) is 1.38. The van der Waals surface area contributed by atoms with E-state index in [1.54, 1.807) is 31.3 Å². The van der Waals surface area contributed by atoms with Gasteiger partial charge >= 0.3 is 0 Å². The van der Waals surface area contributed by atoms with E-state index in [-0.39, 0.29) is 5.91 Å². The Kier molecular flexibility index (Phi) is 3.36. The van der Waals surface area contributed by atoms with Crippen LogP contribution in [0.15, 0.2) is 24.3 Å². The van der Waals surface area contributed by atoms with Crippen LogP contribution in [0.5, 0.6) is 0 Å². The number of carbonyl (C=O) groups is 1. The summed E-state index contributed by atoms with van der Waals surface area (Å²) < 4.78 is 0. The molecule has 17 heavy (non-hydrogen) atoms. The van der Waals surface area contributed by atoms with Gasteiger partial charge in [-0.3, -0.25) is 9.89 Å². The molecule has 0 fully saturated rings. The maximum Gasteiger partial charge on any atom is 0.269 e. The minimum Gasteiger partial charge on any atom is -0.354 e. The van der Waals surface area contributed by atoms with Gasteiger partial charge < -0.3 is 5.32 Å². The van der Waals surface area contributed by atoms with E-state index in [4.69, 9.17) is 23.2 Å². The van der Waals surface area contributed by atoms with Gasteiger partial charge in [-0.05, 0) is 18.2 Å². The Labute approximate surface area is 108 Å². The van der Waals surface area contributed by atoms with Gasteiger partial charge in [0.15, 0.2) is 0 Å². The first-order valence-electron chi connectivity index (χ1n) is 4.84. The van der Waals surface area contributed by atoms with Gasteiger partial charge in [0.1, 0.15) is 5.69 Å². The van der Waals surface area contributed by atoms with Crippen LogP contribution in [0.3, 0.4) is 0 Å². The number of amides is 1. The number of carbonyl (C=O) groups excluding carboxylic acids is 1. The van der Waals surface area contributed by atoms with Crippen molar-refractivity contribution in [2.75, 3.05) is 7.05 Å². The second kappa shape index (κ2) is 4.77. The monoisotopic (exact) mass is 269 g/mol. The fraction of sp³-hybridized carbons (Fsp3) is 0.0909. The van der Waals surface area contributed by atoms with Gasteiger partial charge in [-0.1, -0.05) is 29.3 Å². The number of nitrogens with zero attached hydrogens (tertiary/aromatic N) is 1. The van der Waals surface area contributed by atoms with Crippen LogP contribution >= 0.6 is 23.2 Å². The van der Waals surface area contributed by atoms with Crippen LogP contribution in [0.1, 0.15) is 10.5 Å². The zero-order valence-corrected chi connectivity index (χ0v) is 10.4. The molecule has 0 radical (unpaired) electrons. The Hall–Kier alpha value is -1.52. The van der Waals surface area contributed by atoms with E-state index < -0.39 is 0 Å². The van der Waals surface area contributed by atoms with E-state index in [2.05, 4.69) is 15.5 Å². The number of hydrogen-bond donors (Lipinski definition) is 2. The predicted octanol–water partition coefficient (Wildman–Crippen LogP) is 2.74. The third kappa shape index (κ3) is 2.43. The third-order valence-corrected chi connectivity index (χ3v) is 3.00. The molecule has 88 valence electrons. The number of nitrogens with one attached hydrogen (secondary N) is 2. The highest BCUT2D eigenvalue weighted by atomic mass is 35.5. The molecule has 2 rings (SSSR count). The summed E-state index contributed by atoms with van der Waals surface area (Å²) in [5, 5.41) is 10.1. The molecular formula is C11H9Cl2N3O. The summed E-state index contributed by atoms with van der Waals surface area (Å²) >= 11 is 11.7. The highest BCUT2D eigenvalue weighted by molar-refractivity contribution is 6.42. The largest absolute Gasteiger partial charge is 0.354 e. The third-order valence-electron chi connectivity index (χ3n) is 2.26. The first-order chi connectivity index (χ1) is 8.11. The average molecular weight is 270 g/mol.